The Kier molecular flexibility index (Phi) is 5.12. The molecule has 5 nitrogen and oxygen atoms in total. The highest BCUT2D eigenvalue weighted by Crippen LogP contribution is 2.29. The van der Waals surface area contributed by atoms with Crippen molar-refractivity contribution >= 4 is 15.9 Å². The van der Waals surface area contributed by atoms with Crippen LogP contribution in [-0.2, 0) is 14.8 Å². The van der Waals surface area contributed by atoms with Crippen LogP contribution < -0.4 is 5.32 Å². The molecule has 0 spiro atoms. The molecule has 1 N–H and O–H groups in total. The first-order valence-electron chi connectivity index (χ1n) is 7.13. The van der Waals surface area contributed by atoms with Gasteiger partial charge < -0.3 is 5.32 Å². The molecule has 0 aromatic heterocycles. The monoisotopic (exact) mass is 332 g/mol. The number of carbonyl (C=O) groups excluding carboxylic acids is 1. The molecule has 0 aliphatic carbocycles. The van der Waals surface area contributed by atoms with Crippen LogP contribution in [0.1, 0.15) is 26.2 Å². The molecule has 0 saturated carbocycles. The van der Waals surface area contributed by atoms with Crippen molar-refractivity contribution in [1.82, 2.24) is 9.62 Å². The van der Waals surface area contributed by atoms with Crippen molar-refractivity contribution < 1.29 is 22.0 Å². The van der Waals surface area contributed by atoms with Crippen LogP contribution in [0, 0.1) is 11.6 Å². The second-order valence-corrected chi connectivity index (χ2v) is 6.94. The van der Waals surface area contributed by atoms with E-state index in [0.717, 1.165) is 22.5 Å². The lowest BCUT2D eigenvalue weighted by atomic mass is 10.2. The standard InChI is InChI=1S/C14H18F2N2O3S/c1-2-8-17-14(19)12-7-4-9-18(12)22(20,21)13-10(15)5-3-6-11(13)16/h3,5-6,12H,2,4,7-9H2,1H3,(H,17,19). The number of nitrogens with one attached hydrogen (secondary N) is 1. The van der Waals surface area contributed by atoms with Crippen molar-refractivity contribution in [1.29, 1.82) is 0 Å². The van der Waals surface area contributed by atoms with Crippen molar-refractivity contribution in [2.75, 3.05) is 13.1 Å². The minimum atomic E-state index is -4.40. The normalized spacial score (nSPS) is 19.3. The number of amides is 1. The number of benzene rings is 1. The maximum absolute atomic E-state index is 13.8. The lowest BCUT2D eigenvalue weighted by Crippen LogP contribution is -2.46. The fourth-order valence-electron chi connectivity index (χ4n) is 2.50. The Balaban J connectivity index is 2.34. The Bertz CT molecular complexity index is 644. The average molecular weight is 332 g/mol. The molecule has 2 rings (SSSR count). The lowest BCUT2D eigenvalue weighted by molar-refractivity contribution is -0.124. The van der Waals surface area contributed by atoms with Gasteiger partial charge in [0.15, 0.2) is 4.90 Å². The Morgan fingerprint density at radius 3 is 2.59 bits per heavy atom. The predicted octanol–water partition coefficient (Wildman–Crippen LogP) is 1.64. The number of nitrogens with zero attached hydrogens (tertiary/aromatic N) is 1. The van der Waals surface area contributed by atoms with Crippen LogP contribution in [0.25, 0.3) is 0 Å². The molecular weight excluding hydrogens is 314 g/mol. The van der Waals surface area contributed by atoms with Crippen LogP contribution in [0.3, 0.4) is 0 Å². The first-order valence-corrected chi connectivity index (χ1v) is 8.57. The van der Waals surface area contributed by atoms with E-state index < -0.39 is 38.5 Å². The van der Waals surface area contributed by atoms with Gasteiger partial charge in [-0.1, -0.05) is 13.0 Å². The summed E-state index contributed by atoms with van der Waals surface area (Å²) in [6, 6.07) is 1.95. The summed E-state index contributed by atoms with van der Waals surface area (Å²) in [5.41, 5.74) is 0. The van der Waals surface area contributed by atoms with Crippen LogP contribution >= 0.6 is 0 Å². The number of hydrogen-bond donors (Lipinski definition) is 1. The average Bonchev–Trinajstić information content (AvgIpc) is 2.94. The molecule has 1 fully saturated rings. The van der Waals surface area contributed by atoms with Crippen LogP contribution in [0.5, 0.6) is 0 Å². The molecule has 0 bridgehead atoms. The lowest BCUT2D eigenvalue weighted by Gasteiger charge is -2.23. The van der Waals surface area contributed by atoms with Crippen LogP contribution in [0.15, 0.2) is 23.1 Å². The van der Waals surface area contributed by atoms with E-state index in [2.05, 4.69) is 5.32 Å². The smallest absolute Gasteiger partial charge is 0.249 e. The highest BCUT2D eigenvalue weighted by molar-refractivity contribution is 7.89. The third kappa shape index (κ3) is 3.12. The number of sulfonamides is 1. The molecular formula is C14H18F2N2O3S. The molecule has 1 saturated heterocycles. The second-order valence-electron chi connectivity index (χ2n) is 5.12. The topological polar surface area (TPSA) is 66.5 Å². The van der Waals surface area contributed by atoms with Gasteiger partial charge in [0.2, 0.25) is 15.9 Å². The van der Waals surface area contributed by atoms with E-state index in [9.17, 15) is 22.0 Å². The molecule has 1 atom stereocenters. The number of rotatable bonds is 5. The molecule has 0 radical (unpaired) electrons. The van der Waals surface area contributed by atoms with Crippen molar-refractivity contribution in [3.63, 3.8) is 0 Å². The van der Waals surface area contributed by atoms with E-state index in [0.29, 0.717) is 25.8 Å². The molecule has 22 heavy (non-hydrogen) atoms. The fourth-order valence-corrected chi connectivity index (χ4v) is 4.27. The van der Waals surface area contributed by atoms with Gasteiger partial charge in [0, 0.05) is 13.1 Å². The summed E-state index contributed by atoms with van der Waals surface area (Å²) >= 11 is 0. The molecule has 1 aliphatic heterocycles. The van der Waals surface area contributed by atoms with E-state index in [1.54, 1.807) is 0 Å². The van der Waals surface area contributed by atoms with E-state index in [-0.39, 0.29) is 6.54 Å². The Hall–Kier alpha value is -1.54. The van der Waals surface area contributed by atoms with E-state index in [1.165, 1.54) is 0 Å². The minimum Gasteiger partial charge on any atom is -0.355 e. The van der Waals surface area contributed by atoms with Crippen LogP contribution in [0.4, 0.5) is 8.78 Å². The van der Waals surface area contributed by atoms with Gasteiger partial charge in [-0.15, -0.1) is 0 Å². The summed E-state index contributed by atoms with van der Waals surface area (Å²) in [6.45, 7) is 2.37. The highest BCUT2D eigenvalue weighted by atomic mass is 32.2. The van der Waals surface area contributed by atoms with Crippen molar-refractivity contribution in [2.24, 2.45) is 0 Å². The van der Waals surface area contributed by atoms with E-state index >= 15 is 0 Å². The summed E-state index contributed by atoms with van der Waals surface area (Å²) in [5.74, 6) is -2.74. The summed E-state index contributed by atoms with van der Waals surface area (Å²) in [7, 11) is -4.40. The van der Waals surface area contributed by atoms with Gasteiger partial charge in [0.1, 0.15) is 17.7 Å². The molecule has 1 aromatic carbocycles. The summed E-state index contributed by atoms with van der Waals surface area (Å²) in [5, 5.41) is 2.62. The third-order valence-corrected chi connectivity index (χ3v) is 5.50. The molecule has 1 aliphatic rings. The SMILES string of the molecule is CCCNC(=O)C1CCCN1S(=O)(=O)c1c(F)cccc1F. The molecule has 8 heteroatoms. The van der Waals surface area contributed by atoms with Gasteiger partial charge in [-0.05, 0) is 31.4 Å². The molecule has 122 valence electrons. The number of carbonyl (C=O) groups is 1. The van der Waals surface area contributed by atoms with Crippen LogP contribution in [-0.4, -0.2) is 37.8 Å². The van der Waals surface area contributed by atoms with Crippen LogP contribution in [0.2, 0.25) is 0 Å². The number of hydrogen-bond acceptors (Lipinski definition) is 3. The Morgan fingerprint density at radius 2 is 2.00 bits per heavy atom. The largest absolute Gasteiger partial charge is 0.355 e. The highest BCUT2D eigenvalue weighted by Gasteiger charge is 2.41. The molecule has 1 unspecified atom stereocenters. The van der Waals surface area contributed by atoms with Crippen molar-refractivity contribution in [3.8, 4) is 0 Å². The van der Waals surface area contributed by atoms with Crippen molar-refractivity contribution in [3.05, 3.63) is 29.8 Å². The maximum atomic E-state index is 13.8. The summed E-state index contributed by atoms with van der Waals surface area (Å²) in [4.78, 5) is 11.1. The van der Waals surface area contributed by atoms with Gasteiger partial charge in [-0.25, -0.2) is 17.2 Å². The van der Waals surface area contributed by atoms with Gasteiger partial charge in [0.05, 0.1) is 0 Å². The quantitative estimate of drug-likeness (QED) is 0.891. The zero-order chi connectivity index (χ0) is 16.3. The fraction of sp³-hybridized carbons (Fsp3) is 0.500. The second kappa shape index (κ2) is 6.70. The zero-order valence-corrected chi connectivity index (χ0v) is 13.0. The zero-order valence-electron chi connectivity index (χ0n) is 12.2. The number of halogens is 2. The van der Waals surface area contributed by atoms with Crippen molar-refractivity contribution in [2.45, 2.75) is 37.1 Å². The predicted molar refractivity (Wildman–Crippen MR) is 76.6 cm³/mol. The first kappa shape index (κ1) is 16.8. The molecule has 1 aromatic rings. The molecule has 1 amide bonds. The maximum Gasteiger partial charge on any atom is 0.249 e. The third-order valence-electron chi connectivity index (χ3n) is 3.54. The Morgan fingerprint density at radius 1 is 1.36 bits per heavy atom. The van der Waals surface area contributed by atoms with Gasteiger partial charge in [0.25, 0.3) is 0 Å². The van der Waals surface area contributed by atoms with E-state index in [1.807, 2.05) is 6.92 Å². The Labute approximate surface area is 128 Å². The first-order chi connectivity index (χ1) is 10.4. The summed E-state index contributed by atoms with van der Waals surface area (Å²) in [6.07, 6.45) is 1.53. The minimum absolute atomic E-state index is 0.0698. The van der Waals surface area contributed by atoms with Gasteiger partial charge >= 0.3 is 0 Å². The summed E-state index contributed by atoms with van der Waals surface area (Å²) < 4.78 is 53.5. The van der Waals surface area contributed by atoms with Gasteiger partial charge in [-0.2, -0.15) is 4.31 Å². The van der Waals surface area contributed by atoms with E-state index in [4.69, 9.17) is 0 Å². The molecule has 1 heterocycles. The van der Waals surface area contributed by atoms with Gasteiger partial charge in [-0.3, -0.25) is 4.79 Å².